The number of aromatic nitrogens is 1. The van der Waals surface area contributed by atoms with Crippen LogP contribution in [0.1, 0.15) is 42.8 Å². The van der Waals surface area contributed by atoms with E-state index in [0.717, 1.165) is 58.4 Å². The smallest absolute Gasteiger partial charge is 0.261 e. The van der Waals surface area contributed by atoms with Crippen LogP contribution in [0.5, 0.6) is 0 Å². The number of nitrogens with one attached hydrogen (secondary N) is 1. The Morgan fingerprint density at radius 3 is 2.63 bits per heavy atom. The van der Waals surface area contributed by atoms with E-state index in [1.54, 1.807) is 11.3 Å². The molecule has 2 aromatic rings. The van der Waals surface area contributed by atoms with Crippen molar-refractivity contribution < 1.29 is 9.59 Å². The summed E-state index contributed by atoms with van der Waals surface area (Å²) < 4.78 is 1.08. The molecule has 1 N–H and O–H groups in total. The molecule has 2 amide bonds. The zero-order chi connectivity index (χ0) is 18.7. The normalized spacial score (nSPS) is 27.9. The molecule has 0 unspecified atom stereocenters. The number of nitrogens with zero attached hydrogens (tertiary/aromatic N) is 3. The van der Waals surface area contributed by atoms with Gasteiger partial charge >= 0.3 is 0 Å². The number of piperazine rings is 1. The fraction of sp³-hybridized carbons (Fsp3) is 0.632. The number of rotatable bonds is 4. The van der Waals surface area contributed by atoms with E-state index >= 15 is 0 Å². The molecule has 27 heavy (non-hydrogen) atoms. The highest BCUT2D eigenvalue weighted by molar-refractivity contribution is 7.29. The van der Waals surface area contributed by atoms with E-state index in [-0.39, 0.29) is 17.9 Å². The molecule has 0 aromatic carbocycles. The van der Waals surface area contributed by atoms with Crippen LogP contribution in [-0.2, 0) is 4.79 Å². The Labute approximate surface area is 166 Å². The highest BCUT2D eigenvalue weighted by atomic mass is 32.1. The van der Waals surface area contributed by atoms with Gasteiger partial charge in [-0.3, -0.25) is 9.59 Å². The molecular weight excluding hydrogens is 380 g/mol. The summed E-state index contributed by atoms with van der Waals surface area (Å²) in [6, 6.07) is 2.53. The molecule has 5 rings (SSSR count). The lowest BCUT2D eigenvalue weighted by Crippen LogP contribution is -2.54. The minimum absolute atomic E-state index is 0.0296. The van der Waals surface area contributed by atoms with E-state index in [4.69, 9.17) is 4.98 Å². The minimum atomic E-state index is 0.0296. The fourth-order valence-electron chi connectivity index (χ4n) is 3.76. The number of thiophene rings is 1. The Morgan fingerprint density at radius 1 is 1.22 bits per heavy atom. The number of amides is 2. The molecule has 2 aliphatic carbocycles. The number of fused-ring (bicyclic) bond motifs is 1. The molecule has 0 radical (unpaired) electrons. The van der Waals surface area contributed by atoms with Crippen molar-refractivity contribution in [2.45, 2.75) is 45.2 Å². The van der Waals surface area contributed by atoms with Gasteiger partial charge in [-0.15, -0.1) is 11.3 Å². The second-order valence-electron chi connectivity index (χ2n) is 8.17. The lowest BCUT2D eigenvalue weighted by Gasteiger charge is -2.40. The first kappa shape index (κ1) is 17.4. The summed E-state index contributed by atoms with van der Waals surface area (Å²) in [6.45, 7) is 6.72. The van der Waals surface area contributed by atoms with E-state index in [1.165, 1.54) is 11.3 Å². The van der Waals surface area contributed by atoms with Crippen LogP contribution in [0.3, 0.4) is 0 Å². The molecule has 1 saturated heterocycles. The van der Waals surface area contributed by atoms with Gasteiger partial charge in [0.2, 0.25) is 5.91 Å². The van der Waals surface area contributed by atoms with Crippen molar-refractivity contribution in [3.63, 3.8) is 0 Å². The molecule has 8 heteroatoms. The van der Waals surface area contributed by atoms with E-state index in [9.17, 15) is 9.59 Å². The van der Waals surface area contributed by atoms with Crippen molar-refractivity contribution in [2.75, 3.05) is 24.5 Å². The van der Waals surface area contributed by atoms with Gasteiger partial charge in [0.05, 0.1) is 9.58 Å². The summed E-state index contributed by atoms with van der Waals surface area (Å²) in [5, 5.41) is 4.09. The Kier molecular flexibility index (Phi) is 4.16. The summed E-state index contributed by atoms with van der Waals surface area (Å²) >= 11 is 3.12. The monoisotopic (exact) mass is 404 g/mol. The maximum Gasteiger partial charge on any atom is 0.261 e. The molecule has 1 aliphatic heterocycles. The Hall–Kier alpha value is -1.67. The summed E-state index contributed by atoms with van der Waals surface area (Å²) in [7, 11) is 0. The summed E-state index contributed by atoms with van der Waals surface area (Å²) in [5.74, 6) is 1.25. The van der Waals surface area contributed by atoms with Crippen LogP contribution < -0.4 is 10.2 Å². The van der Waals surface area contributed by atoms with Crippen molar-refractivity contribution in [1.29, 1.82) is 0 Å². The van der Waals surface area contributed by atoms with Gasteiger partial charge in [0.25, 0.3) is 5.91 Å². The van der Waals surface area contributed by atoms with Gasteiger partial charge in [-0.2, -0.15) is 0 Å². The number of hydrogen-bond donors (Lipinski definition) is 1. The number of thiazole rings is 1. The van der Waals surface area contributed by atoms with Gasteiger partial charge in [-0.1, -0.05) is 18.3 Å². The van der Waals surface area contributed by atoms with Crippen molar-refractivity contribution in [3.8, 4) is 0 Å². The molecule has 3 fully saturated rings. The Morgan fingerprint density at radius 2 is 2.00 bits per heavy atom. The van der Waals surface area contributed by atoms with E-state index in [1.807, 2.05) is 11.0 Å². The predicted molar refractivity (Wildman–Crippen MR) is 109 cm³/mol. The second-order valence-corrected chi connectivity index (χ2v) is 10.2. The highest BCUT2D eigenvalue weighted by Crippen LogP contribution is 2.37. The van der Waals surface area contributed by atoms with Crippen LogP contribution in [0.25, 0.3) is 9.53 Å². The lowest BCUT2D eigenvalue weighted by atomic mass is 10.2. The van der Waals surface area contributed by atoms with Crippen molar-refractivity contribution >= 4 is 49.1 Å². The number of carbonyl (C=O) groups excluding carboxylic acids is 2. The van der Waals surface area contributed by atoms with Crippen molar-refractivity contribution in [2.24, 2.45) is 11.8 Å². The van der Waals surface area contributed by atoms with Crippen molar-refractivity contribution in [1.82, 2.24) is 15.2 Å². The molecule has 6 nitrogen and oxygen atoms in total. The molecule has 0 bridgehead atoms. The van der Waals surface area contributed by atoms with E-state index in [2.05, 4.69) is 24.1 Å². The largest absolute Gasteiger partial charge is 0.348 e. The van der Waals surface area contributed by atoms with Crippen molar-refractivity contribution in [3.05, 3.63) is 10.9 Å². The molecule has 2 aromatic heterocycles. The third kappa shape index (κ3) is 3.33. The Bertz CT molecular complexity index is 871. The minimum Gasteiger partial charge on any atom is -0.348 e. The van der Waals surface area contributed by atoms with Crippen LogP contribution in [0.4, 0.5) is 5.13 Å². The van der Waals surface area contributed by atoms with Gasteiger partial charge in [-0.05, 0) is 38.2 Å². The molecular formula is C19H24N4O2S2. The van der Waals surface area contributed by atoms with Crippen LogP contribution in [0.2, 0.25) is 0 Å². The van der Waals surface area contributed by atoms with Crippen LogP contribution in [0, 0.1) is 11.8 Å². The average molecular weight is 405 g/mol. The molecule has 3 heterocycles. The standard InChI is InChI=1S/C19H24N4O2S2/c1-10-7-13(10)20-16(24)14-8-15-17(26-14)21-19(27-15)22-5-6-23(11(2)9-22)18(25)12-3-4-12/h8,10-13H,3-7,9H2,1-2H3,(H,20,24)/t10-,11+,13-/m0/s1. The predicted octanol–water partition coefficient (Wildman–Crippen LogP) is 2.94. The average Bonchev–Trinajstić information content (AvgIpc) is 3.51. The second kappa shape index (κ2) is 6.44. The summed E-state index contributed by atoms with van der Waals surface area (Å²) in [5.41, 5.74) is 0. The van der Waals surface area contributed by atoms with E-state index < -0.39 is 0 Å². The lowest BCUT2D eigenvalue weighted by molar-refractivity contribution is -0.134. The molecule has 3 aliphatic rings. The third-order valence-corrected chi connectivity index (χ3v) is 8.06. The molecule has 144 valence electrons. The number of hydrogen-bond acceptors (Lipinski definition) is 6. The quantitative estimate of drug-likeness (QED) is 0.851. The van der Waals surface area contributed by atoms with Crippen LogP contribution >= 0.6 is 22.7 Å². The molecule has 2 saturated carbocycles. The Balaban J connectivity index is 1.26. The topological polar surface area (TPSA) is 65.5 Å². The summed E-state index contributed by atoms with van der Waals surface area (Å²) in [6.07, 6.45) is 3.20. The fourth-order valence-corrected chi connectivity index (χ4v) is 5.91. The van der Waals surface area contributed by atoms with Crippen LogP contribution in [0.15, 0.2) is 6.07 Å². The maximum atomic E-state index is 12.4. The zero-order valence-electron chi connectivity index (χ0n) is 15.6. The molecule has 3 atom stereocenters. The summed E-state index contributed by atoms with van der Waals surface area (Å²) in [4.78, 5) is 35.5. The number of anilines is 1. The van der Waals surface area contributed by atoms with Crippen LogP contribution in [-0.4, -0.2) is 53.4 Å². The van der Waals surface area contributed by atoms with Gasteiger partial charge in [0.1, 0.15) is 4.83 Å². The van der Waals surface area contributed by atoms with Gasteiger partial charge < -0.3 is 15.1 Å². The first-order valence-electron chi connectivity index (χ1n) is 9.76. The highest BCUT2D eigenvalue weighted by Gasteiger charge is 2.38. The SMILES string of the molecule is C[C@@H]1CN(c2nc3sc(C(=O)N[C@H]4C[C@@H]4C)cc3s2)CCN1C(=O)C1CC1. The van der Waals surface area contributed by atoms with Gasteiger partial charge in [0.15, 0.2) is 5.13 Å². The van der Waals surface area contributed by atoms with Gasteiger partial charge in [0, 0.05) is 37.6 Å². The maximum absolute atomic E-state index is 12.4. The molecule has 0 spiro atoms. The number of carbonyl (C=O) groups is 2. The van der Waals surface area contributed by atoms with E-state index in [0.29, 0.717) is 17.9 Å². The zero-order valence-corrected chi connectivity index (χ0v) is 17.2. The van der Waals surface area contributed by atoms with Gasteiger partial charge in [-0.25, -0.2) is 4.98 Å². The first-order valence-corrected chi connectivity index (χ1v) is 11.4. The third-order valence-electron chi connectivity index (χ3n) is 5.84. The first-order chi connectivity index (χ1) is 13.0.